The quantitative estimate of drug-likeness (QED) is 0.844. The van der Waals surface area contributed by atoms with Crippen molar-refractivity contribution in [2.24, 2.45) is 5.92 Å². The summed E-state index contributed by atoms with van der Waals surface area (Å²) in [5.74, 6) is 0.304. The van der Waals surface area contributed by atoms with Crippen LogP contribution in [0.5, 0.6) is 0 Å². The molecule has 21 heavy (non-hydrogen) atoms. The van der Waals surface area contributed by atoms with Crippen LogP contribution in [0.4, 0.5) is 0 Å². The molecule has 2 aliphatic heterocycles. The van der Waals surface area contributed by atoms with E-state index in [9.17, 15) is 5.11 Å². The average Bonchev–Trinajstić information content (AvgIpc) is 2.84. The minimum Gasteiger partial charge on any atom is -0.390 e. The molecule has 3 nitrogen and oxygen atoms in total. The molecule has 0 bridgehead atoms. The van der Waals surface area contributed by atoms with Gasteiger partial charge in [0.2, 0.25) is 0 Å². The number of nitrogens with zero attached hydrogens (tertiary/aromatic N) is 1. The number of nitrogens with one attached hydrogen (secondary N) is 1. The molecule has 0 unspecified atom stereocenters. The molecular formula is C18H24N2O. The van der Waals surface area contributed by atoms with Crippen LogP contribution < -0.4 is 0 Å². The van der Waals surface area contributed by atoms with Crippen molar-refractivity contribution in [3.63, 3.8) is 0 Å². The van der Waals surface area contributed by atoms with Crippen LogP contribution in [0.1, 0.15) is 44.0 Å². The summed E-state index contributed by atoms with van der Waals surface area (Å²) in [4.78, 5) is 6.24. The monoisotopic (exact) mass is 284 g/mol. The van der Waals surface area contributed by atoms with Gasteiger partial charge in [-0.3, -0.25) is 4.90 Å². The van der Waals surface area contributed by atoms with Crippen molar-refractivity contribution in [3.05, 3.63) is 35.5 Å². The molecule has 3 heteroatoms. The number of aliphatic hydroxyl groups is 1. The van der Waals surface area contributed by atoms with E-state index in [0.717, 1.165) is 25.9 Å². The Morgan fingerprint density at radius 3 is 2.86 bits per heavy atom. The van der Waals surface area contributed by atoms with Crippen LogP contribution in [0, 0.1) is 5.92 Å². The van der Waals surface area contributed by atoms with Crippen molar-refractivity contribution in [2.45, 2.75) is 44.8 Å². The summed E-state index contributed by atoms with van der Waals surface area (Å²) >= 11 is 0. The van der Waals surface area contributed by atoms with Crippen molar-refractivity contribution >= 4 is 10.9 Å². The van der Waals surface area contributed by atoms with Crippen LogP contribution in [-0.4, -0.2) is 33.7 Å². The number of fused-ring (bicyclic) bond motifs is 5. The standard InChI is InChI=1S/C18H24N2O/c1-18(2,21)14-7-5-10-20-11-9-13-12-6-3-4-8-15(12)19-16(13)17(14)20/h3-4,6,8,14,17,19,21H,5,7,9-11H2,1-2H3/t14-,17-/m0/s1. The van der Waals surface area contributed by atoms with E-state index in [1.54, 1.807) is 0 Å². The van der Waals surface area contributed by atoms with Crippen LogP contribution in [0.2, 0.25) is 0 Å². The molecule has 0 spiro atoms. The molecule has 0 saturated carbocycles. The maximum absolute atomic E-state index is 10.6. The van der Waals surface area contributed by atoms with Crippen LogP contribution in [-0.2, 0) is 6.42 Å². The molecule has 2 aliphatic rings. The fourth-order valence-corrected chi connectivity index (χ4v) is 4.44. The predicted molar refractivity (Wildman–Crippen MR) is 85.3 cm³/mol. The number of H-pyrrole nitrogens is 1. The topological polar surface area (TPSA) is 39.3 Å². The number of hydrogen-bond acceptors (Lipinski definition) is 2. The summed E-state index contributed by atoms with van der Waals surface area (Å²) in [6, 6.07) is 8.95. The molecule has 2 atom stereocenters. The van der Waals surface area contributed by atoms with Gasteiger partial charge in [0.1, 0.15) is 0 Å². The number of para-hydroxylation sites is 1. The van der Waals surface area contributed by atoms with E-state index in [0.29, 0.717) is 12.0 Å². The average molecular weight is 284 g/mol. The lowest BCUT2D eigenvalue weighted by Gasteiger charge is -2.48. The van der Waals surface area contributed by atoms with Gasteiger partial charge < -0.3 is 10.1 Å². The van der Waals surface area contributed by atoms with Gasteiger partial charge in [-0.05, 0) is 51.3 Å². The highest BCUT2D eigenvalue weighted by Gasteiger charge is 2.43. The number of aromatic nitrogens is 1. The van der Waals surface area contributed by atoms with Crippen molar-refractivity contribution in [2.75, 3.05) is 13.1 Å². The highest BCUT2D eigenvalue weighted by molar-refractivity contribution is 5.85. The third-order valence-electron chi connectivity index (χ3n) is 5.43. The number of benzene rings is 1. The SMILES string of the molecule is CC(C)(O)[C@H]1CCCN2CCc3c([nH]c4ccccc34)[C@H]12. The van der Waals surface area contributed by atoms with Gasteiger partial charge >= 0.3 is 0 Å². The third kappa shape index (κ3) is 2.02. The number of rotatable bonds is 1. The molecule has 1 aromatic heterocycles. The van der Waals surface area contributed by atoms with Gasteiger partial charge in [0.25, 0.3) is 0 Å². The van der Waals surface area contributed by atoms with Gasteiger partial charge in [-0.25, -0.2) is 0 Å². The Morgan fingerprint density at radius 2 is 2.05 bits per heavy atom. The first-order valence-electron chi connectivity index (χ1n) is 8.11. The molecule has 0 radical (unpaired) electrons. The molecule has 1 aromatic carbocycles. The maximum Gasteiger partial charge on any atom is 0.0638 e. The summed E-state index contributed by atoms with van der Waals surface area (Å²) in [5.41, 5.74) is 3.44. The molecule has 0 aliphatic carbocycles. The minimum absolute atomic E-state index is 0.304. The summed E-state index contributed by atoms with van der Waals surface area (Å²) in [6.45, 7) is 6.22. The molecule has 4 rings (SSSR count). The lowest BCUT2D eigenvalue weighted by atomic mass is 9.74. The number of hydrogen-bond donors (Lipinski definition) is 2. The molecule has 3 heterocycles. The van der Waals surface area contributed by atoms with Gasteiger partial charge in [0, 0.05) is 29.1 Å². The van der Waals surface area contributed by atoms with Gasteiger partial charge in [0.15, 0.2) is 0 Å². The highest BCUT2D eigenvalue weighted by Crippen LogP contribution is 2.46. The Morgan fingerprint density at radius 1 is 1.24 bits per heavy atom. The maximum atomic E-state index is 10.6. The second-order valence-corrected chi connectivity index (χ2v) is 7.20. The van der Waals surface area contributed by atoms with Crippen molar-refractivity contribution in [1.29, 1.82) is 0 Å². The van der Waals surface area contributed by atoms with Gasteiger partial charge in [-0.15, -0.1) is 0 Å². The van der Waals surface area contributed by atoms with Crippen molar-refractivity contribution < 1.29 is 5.11 Å². The largest absolute Gasteiger partial charge is 0.390 e. The molecule has 112 valence electrons. The van der Waals surface area contributed by atoms with Crippen LogP contribution in [0.25, 0.3) is 10.9 Å². The number of piperidine rings is 1. The summed E-state index contributed by atoms with van der Waals surface area (Å²) in [6.07, 6.45) is 3.43. The smallest absolute Gasteiger partial charge is 0.0638 e. The van der Waals surface area contributed by atoms with Crippen molar-refractivity contribution in [3.8, 4) is 0 Å². The van der Waals surface area contributed by atoms with Crippen molar-refractivity contribution in [1.82, 2.24) is 9.88 Å². The fourth-order valence-electron chi connectivity index (χ4n) is 4.44. The first kappa shape index (κ1) is 13.4. The van der Waals surface area contributed by atoms with E-state index in [-0.39, 0.29) is 0 Å². The van der Waals surface area contributed by atoms with E-state index >= 15 is 0 Å². The normalized spacial score (nSPS) is 26.6. The lowest BCUT2D eigenvalue weighted by Crippen LogP contribution is -2.49. The van der Waals surface area contributed by atoms with E-state index in [2.05, 4.69) is 34.1 Å². The summed E-state index contributed by atoms with van der Waals surface area (Å²) in [7, 11) is 0. The third-order valence-corrected chi connectivity index (χ3v) is 5.43. The van der Waals surface area contributed by atoms with E-state index < -0.39 is 5.60 Å². The molecule has 1 saturated heterocycles. The zero-order valence-corrected chi connectivity index (χ0v) is 12.9. The van der Waals surface area contributed by atoms with Gasteiger partial charge in [-0.1, -0.05) is 18.2 Å². The Bertz CT molecular complexity index is 667. The Kier molecular flexibility index (Phi) is 2.92. The fraction of sp³-hybridized carbons (Fsp3) is 0.556. The van der Waals surface area contributed by atoms with Crippen LogP contribution in [0.15, 0.2) is 24.3 Å². The van der Waals surface area contributed by atoms with Crippen LogP contribution in [0.3, 0.4) is 0 Å². The summed E-state index contributed by atoms with van der Waals surface area (Å²) < 4.78 is 0. The van der Waals surface area contributed by atoms with E-state index in [1.807, 2.05) is 13.8 Å². The Hall–Kier alpha value is -1.32. The second-order valence-electron chi connectivity index (χ2n) is 7.20. The van der Waals surface area contributed by atoms with Crippen LogP contribution >= 0.6 is 0 Å². The zero-order chi connectivity index (χ0) is 14.6. The van der Waals surface area contributed by atoms with Gasteiger partial charge in [0.05, 0.1) is 11.6 Å². The molecule has 0 amide bonds. The minimum atomic E-state index is -0.630. The summed E-state index contributed by atoms with van der Waals surface area (Å²) in [5, 5.41) is 12.0. The predicted octanol–water partition coefficient (Wildman–Crippen LogP) is 3.25. The molecule has 2 aromatic rings. The van der Waals surface area contributed by atoms with E-state index in [4.69, 9.17) is 0 Å². The molecule has 1 fully saturated rings. The molecular weight excluding hydrogens is 260 g/mol. The zero-order valence-electron chi connectivity index (χ0n) is 12.9. The first-order chi connectivity index (χ1) is 10.1. The van der Waals surface area contributed by atoms with E-state index in [1.165, 1.54) is 28.6 Å². The molecule has 2 N–H and O–H groups in total. The Balaban J connectivity index is 1.87. The second kappa shape index (κ2) is 4.59. The highest BCUT2D eigenvalue weighted by atomic mass is 16.3. The van der Waals surface area contributed by atoms with Gasteiger partial charge in [-0.2, -0.15) is 0 Å². The lowest BCUT2D eigenvalue weighted by molar-refractivity contribution is -0.0569. The Labute approximate surface area is 126 Å². The first-order valence-corrected chi connectivity index (χ1v) is 8.11. The number of aromatic amines is 1.